The molecule has 2 heterocycles. The maximum absolute atomic E-state index is 11.9. The lowest BCUT2D eigenvalue weighted by Crippen LogP contribution is -2.14. The van der Waals surface area contributed by atoms with Gasteiger partial charge in [0.1, 0.15) is 0 Å². The Morgan fingerprint density at radius 3 is 1.60 bits per heavy atom. The summed E-state index contributed by atoms with van der Waals surface area (Å²) in [6.07, 6.45) is 2.90. The number of rotatable bonds is 6. The van der Waals surface area contributed by atoms with Gasteiger partial charge in [-0.1, -0.05) is 11.6 Å². The molecule has 0 aliphatic rings. The van der Waals surface area contributed by atoms with Gasteiger partial charge in [-0.15, -0.1) is 10.2 Å². The Morgan fingerprint density at radius 1 is 0.657 bits per heavy atom. The predicted octanol–water partition coefficient (Wildman–Crippen LogP) is 2.37. The maximum atomic E-state index is 11.9. The van der Waals surface area contributed by atoms with Crippen LogP contribution in [0.2, 0.25) is 5.15 Å². The summed E-state index contributed by atoms with van der Waals surface area (Å²) in [4.78, 5) is 7.76. The molecule has 0 bridgehead atoms. The lowest BCUT2D eigenvalue weighted by atomic mass is 10.3. The topological polar surface area (TPSA) is 196 Å². The summed E-state index contributed by atoms with van der Waals surface area (Å²) < 4.78 is 52.2. The Balaban J connectivity index is 0.000000196. The first kappa shape index (κ1) is 25.6. The van der Waals surface area contributed by atoms with Crippen LogP contribution in [0.4, 0.5) is 23.1 Å². The van der Waals surface area contributed by atoms with Crippen molar-refractivity contribution in [3.05, 3.63) is 84.3 Å². The number of benzene rings is 2. The van der Waals surface area contributed by atoms with Crippen LogP contribution < -0.4 is 20.9 Å². The van der Waals surface area contributed by atoms with Gasteiger partial charge < -0.3 is 11.5 Å². The van der Waals surface area contributed by atoms with Crippen LogP contribution in [0.5, 0.6) is 0 Å². The molecule has 0 saturated carbocycles. The molecule has 0 radical (unpaired) electrons. The van der Waals surface area contributed by atoms with Gasteiger partial charge in [-0.3, -0.25) is 4.72 Å². The Morgan fingerprint density at radius 2 is 1.14 bits per heavy atom. The minimum atomic E-state index is -3.69. The average Bonchev–Trinajstić information content (AvgIpc) is 2.82. The molecule has 0 amide bonds. The number of nitrogens with two attached hydrogens (primary N) is 2. The highest BCUT2D eigenvalue weighted by atomic mass is 35.5. The molecule has 182 valence electrons. The first-order valence-electron chi connectivity index (χ1n) is 9.58. The van der Waals surface area contributed by atoms with Gasteiger partial charge in [-0.25, -0.2) is 31.5 Å². The van der Waals surface area contributed by atoms with Crippen LogP contribution in [0, 0.1) is 0 Å². The summed E-state index contributed by atoms with van der Waals surface area (Å²) in [6, 6.07) is 16.1. The lowest BCUT2D eigenvalue weighted by molar-refractivity contribution is 0.599. The number of nitrogens with zero attached hydrogens (tertiary/aromatic N) is 4. The van der Waals surface area contributed by atoms with Crippen molar-refractivity contribution >= 4 is 54.8 Å². The molecule has 4 aromatic rings. The zero-order valence-corrected chi connectivity index (χ0v) is 20.2. The molecular formula is C20H19ClN8O4S2. The Labute approximate surface area is 206 Å². The number of anilines is 4. The normalized spacial score (nSPS) is 11.1. The first-order chi connectivity index (χ1) is 16.5. The van der Waals surface area contributed by atoms with Gasteiger partial charge in [-0.05, 0) is 66.7 Å². The van der Waals surface area contributed by atoms with Gasteiger partial charge in [0.05, 0.1) is 9.79 Å². The largest absolute Gasteiger partial charge is 0.399 e. The molecule has 2 aromatic heterocycles. The molecule has 2 aromatic carbocycles. The highest BCUT2D eigenvalue weighted by molar-refractivity contribution is 7.93. The van der Waals surface area contributed by atoms with Crippen molar-refractivity contribution in [3.8, 4) is 0 Å². The van der Waals surface area contributed by atoms with Crippen molar-refractivity contribution in [1.29, 1.82) is 0 Å². The van der Waals surface area contributed by atoms with E-state index in [9.17, 15) is 16.8 Å². The Hall–Kier alpha value is -4.01. The van der Waals surface area contributed by atoms with Crippen LogP contribution in [0.1, 0.15) is 0 Å². The minimum Gasteiger partial charge on any atom is -0.399 e. The summed E-state index contributed by atoms with van der Waals surface area (Å²) in [5.74, 6) is 0.126. The second kappa shape index (κ2) is 10.9. The summed E-state index contributed by atoms with van der Waals surface area (Å²) in [5, 5.41) is 7.33. The van der Waals surface area contributed by atoms with Gasteiger partial charge in [0, 0.05) is 23.8 Å². The average molecular weight is 535 g/mol. The number of nitrogen functional groups attached to an aromatic ring is 2. The predicted molar refractivity (Wildman–Crippen MR) is 132 cm³/mol. The van der Waals surface area contributed by atoms with Gasteiger partial charge in [-0.2, -0.15) is 0 Å². The van der Waals surface area contributed by atoms with Crippen LogP contribution >= 0.6 is 11.6 Å². The standard InChI is InChI=1S/C10H9ClN4O2S.C10H10N4O2S/c11-9-5-6-10(14-13-9)15-18(16,17)8-3-1-7(12)2-4-8;11-8-2-4-9(5-3-8)17(15,16)14-10-12-6-1-7-13-10/h1-6H,12H2,(H,14,15);1-7H,11H2,(H,12,13,14). The summed E-state index contributed by atoms with van der Waals surface area (Å²) >= 11 is 5.55. The molecule has 15 heteroatoms. The van der Waals surface area contributed by atoms with E-state index in [1.54, 1.807) is 6.07 Å². The number of hydrogen-bond acceptors (Lipinski definition) is 10. The fourth-order valence-electron chi connectivity index (χ4n) is 2.39. The first-order valence-corrected chi connectivity index (χ1v) is 12.9. The number of aromatic nitrogens is 4. The van der Waals surface area contributed by atoms with Crippen LogP contribution in [0.15, 0.2) is 88.9 Å². The second-order valence-corrected chi connectivity index (χ2v) is 10.4. The summed E-state index contributed by atoms with van der Waals surface area (Å²) in [7, 11) is -7.35. The highest BCUT2D eigenvalue weighted by Crippen LogP contribution is 2.16. The van der Waals surface area contributed by atoms with Gasteiger partial charge in [0.25, 0.3) is 20.0 Å². The third-order valence-corrected chi connectivity index (χ3v) is 6.96. The maximum Gasteiger partial charge on any atom is 0.264 e. The van der Waals surface area contributed by atoms with Crippen molar-refractivity contribution in [2.75, 3.05) is 20.9 Å². The van der Waals surface area contributed by atoms with E-state index in [0.717, 1.165) is 0 Å². The molecule has 0 spiro atoms. The Kier molecular flexibility index (Phi) is 8.01. The number of nitrogens with one attached hydrogen (secondary N) is 2. The van der Waals surface area contributed by atoms with Gasteiger partial charge in [0.2, 0.25) is 5.95 Å². The third kappa shape index (κ3) is 7.49. The van der Waals surface area contributed by atoms with E-state index in [4.69, 9.17) is 23.1 Å². The fourth-order valence-corrected chi connectivity index (χ4v) is 4.45. The van der Waals surface area contributed by atoms with Gasteiger partial charge >= 0.3 is 0 Å². The number of hydrogen-bond donors (Lipinski definition) is 4. The quantitative estimate of drug-likeness (QED) is 0.266. The van der Waals surface area contributed by atoms with Crippen LogP contribution in [0.25, 0.3) is 0 Å². The zero-order valence-electron chi connectivity index (χ0n) is 17.8. The third-order valence-electron chi connectivity index (χ3n) is 4.04. The van der Waals surface area contributed by atoms with Crippen LogP contribution in [-0.2, 0) is 20.0 Å². The summed E-state index contributed by atoms with van der Waals surface area (Å²) in [6.45, 7) is 0. The second-order valence-electron chi connectivity index (χ2n) is 6.66. The molecule has 0 aliphatic carbocycles. The van der Waals surface area contributed by atoms with Crippen molar-refractivity contribution in [2.45, 2.75) is 9.79 Å². The minimum absolute atomic E-state index is 0.0318. The smallest absolute Gasteiger partial charge is 0.264 e. The molecule has 4 rings (SSSR count). The van der Waals surface area contributed by atoms with E-state index in [2.05, 4.69) is 29.6 Å². The monoisotopic (exact) mass is 534 g/mol. The number of halogens is 1. The molecule has 0 aliphatic heterocycles. The van der Waals surface area contributed by atoms with Crippen LogP contribution in [0.3, 0.4) is 0 Å². The van der Waals surface area contributed by atoms with Crippen LogP contribution in [-0.4, -0.2) is 37.0 Å². The SMILES string of the molecule is Nc1ccc(S(=O)(=O)Nc2ccc(Cl)nn2)cc1.Nc1ccc(S(=O)(=O)Nc2ncccn2)cc1. The molecule has 12 nitrogen and oxygen atoms in total. The van der Waals surface area contributed by atoms with E-state index in [-0.39, 0.29) is 26.7 Å². The number of sulfonamides is 2. The van der Waals surface area contributed by atoms with E-state index in [1.807, 2.05) is 0 Å². The summed E-state index contributed by atoms with van der Waals surface area (Å²) in [5.41, 5.74) is 12.0. The van der Waals surface area contributed by atoms with Gasteiger partial charge in [0.15, 0.2) is 11.0 Å². The molecule has 6 N–H and O–H groups in total. The van der Waals surface area contributed by atoms with Crippen molar-refractivity contribution < 1.29 is 16.8 Å². The molecule has 35 heavy (non-hydrogen) atoms. The molecular weight excluding hydrogens is 516 g/mol. The fraction of sp³-hybridized carbons (Fsp3) is 0. The van der Waals surface area contributed by atoms with E-state index in [0.29, 0.717) is 11.4 Å². The van der Waals surface area contributed by atoms with E-state index < -0.39 is 20.0 Å². The highest BCUT2D eigenvalue weighted by Gasteiger charge is 2.15. The Bertz CT molecular complexity index is 1470. The van der Waals surface area contributed by atoms with E-state index >= 15 is 0 Å². The molecule has 0 saturated heterocycles. The van der Waals surface area contributed by atoms with E-state index in [1.165, 1.54) is 73.1 Å². The molecule has 0 unspecified atom stereocenters. The molecule has 0 fully saturated rings. The lowest BCUT2D eigenvalue weighted by Gasteiger charge is -2.06. The van der Waals surface area contributed by atoms with Crippen molar-refractivity contribution in [2.24, 2.45) is 0 Å². The van der Waals surface area contributed by atoms with Crippen molar-refractivity contribution in [3.63, 3.8) is 0 Å². The zero-order chi connectivity index (χ0) is 25.5. The molecule has 0 atom stereocenters. The van der Waals surface area contributed by atoms with Crippen molar-refractivity contribution in [1.82, 2.24) is 20.2 Å².